The highest BCUT2D eigenvalue weighted by Crippen LogP contribution is 2.26. The maximum absolute atomic E-state index is 12.0. The Morgan fingerprint density at radius 3 is 2.42 bits per heavy atom. The van der Waals surface area contributed by atoms with Crippen LogP contribution in [-0.4, -0.2) is 36.1 Å². The first-order chi connectivity index (χ1) is 9.06. The van der Waals surface area contributed by atoms with Crippen molar-refractivity contribution in [3.63, 3.8) is 0 Å². The van der Waals surface area contributed by atoms with E-state index in [4.69, 9.17) is 0 Å². The van der Waals surface area contributed by atoms with Gasteiger partial charge in [-0.3, -0.25) is 4.79 Å². The maximum atomic E-state index is 12.0. The van der Waals surface area contributed by atoms with E-state index in [1.807, 2.05) is 13.8 Å². The number of rotatable bonds is 7. The SMILES string of the molecule is CCNCC(C)C(=O)NC(C(=O)O)C1CCCCC1. The predicted molar refractivity (Wildman–Crippen MR) is 73.8 cm³/mol. The van der Waals surface area contributed by atoms with Gasteiger partial charge in [0.1, 0.15) is 6.04 Å². The summed E-state index contributed by atoms with van der Waals surface area (Å²) >= 11 is 0. The number of carboxylic acid groups (broad SMARTS) is 1. The van der Waals surface area contributed by atoms with Crippen molar-refractivity contribution in [2.75, 3.05) is 13.1 Å². The second-order valence-corrected chi connectivity index (χ2v) is 5.43. The molecule has 5 heteroatoms. The number of nitrogens with one attached hydrogen (secondary N) is 2. The third-order valence-electron chi connectivity index (χ3n) is 3.83. The number of amides is 1. The Morgan fingerprint density at radius 1 is 1.26 bits per heavy atom. The van der Waals surface area contributed by atoms with Crippen LogP contribution in [0.3, 0.4) is 0 Å². The van der Waals surface area contributed by atoms with Gasteiger partial charge in [0.2, 0.25) is 5.91 Å². The molecular weight excluding hydrogens is 244 g/mol. The molecule has 1 saturated carbocycles. The quantitative estimate of drug-likeness (QED) is 0.653. The zero-order valence-electron chi connectivity index (χ0n) is 11.9. The molecule has 0 heterocycles. The molecular formula is C14H26N2O3. The fourth-order valence-corrected chi connectivity index (χ4v) is 2.60. The van der Waals surface area contributed by atoms with Crippen LogP contribution < -0.4 is 10.6 Å². The zero-order chi connectivity index (χ0) is 14.3. The fourth-order valence-electron chi connectivity index (χ4n) is 2.60. The van der Waals surface area contributed by atoms with Crippen LogP contribution in [0.5, 0.6) is 0 Å². The molecule has 2 unspecified atom stereocenters. The van der Waals surface area contributed by atoms with Crippen LogP contribution >= 0.6 is 0 Å². The lowest BCUT2D eigenvalue weighted by Crippen LogP contribution is -2.49. The first-order valence-corrected chi connectivity index (χ1v) is 7.30. The van der Waals surface area contributed by atoms with Gasteiger partial charge < -0.3 is 15.7 Å². The highest BCUT2D eigenvalue weighted by molar-refractivity contribution is 5.85. The van der Waals surface area contributed by atoms with Gasteiger partial charge in [0.05, 0.1) is 0 Å². The Hall–Kier alpha value is -1.10. The summed E-state index contributed by atoms with van der Waals surface area (Å²) < 4.78 is 0. The molecule has 19 heavy (non-hydrogen) atoms. The molecule has 0 aromatic rings. The molecule has 1 fully saturated rings. The Balaban J connectivity index is 2.52. The predicted octanol–water partition coefficient (Wildman–Crippen LogP) is 1.38. The molecule has 0 saturated heterocycles. The van der Waals surface area contributed by atoms with Crippen molar-refractivity contribution in [2.24, 2.45) is 11.8 Å². The van der Waals surface area contributed by atoms with Crippen LogP contribution in [0.1, 0.15) is 46.0 Å². The summed E-state index contributed by atoms with van der Waals surface area (Å²) in [5.41, 5.74) is 0. The third-order valence-corrected chi connectivity index (χ3v) is 3.83. The smallest absolute Gasteiger partial charge is 0.326 e. The maximum Gasteiger partial charge on any atom is 0.326 e. The van der Waals surface area contributed by atoms with Crippen molar-refractivity contribution in [3.8, 4) is 0 Å². The highest BCUT2D eigenvalue weighted by atomic mass is 16.4. The van der Waals surface area contributed by atoms with E-state index < -0.39 is 12.0 Å². The van der Waals surface area contributed by atoms with Crippen molar-refractivity contribution in [3.05, 3.63) is 0 Å². The Kier molecular flexibility index (Phi) is 6.84. The molecule has 0 radical (unpaired) electrons. The number of carboxylic acids is 1. The first-order valence-electron chi connectivity index (χ1n) is 7.30. The van der Waals surface area contributed by atoms with Gasteiger partial charge in [-0.1, -0.05) is 33.1 Å². The Bertz CT molecular complexity index is 301. The molecule has 0 aromatic heterocycles. The van der Waals surface area contributed by atoms with E-state index in [1.165, 1.54) is 6.42 Å². The minimum atomic E-state index is -0.907. The summed E-state index contributed by atoms with van der Waals surface area (Å²) in [5.74, 6) is -1.19. The first kappa shape index (κ1) is 16.0. The second-order valence-electron chi connectivity index (χ2n) is 5.43. The normalized spacial score (nSPS) is 19.7. The van der Waals surface area contributed by atoms with E-state index in [0.717, 1.165) is 32.2 Å². The number of carbonyl (C=O) groups excluding carboxylic acids is 1. The Labute approximate surface area is 115 Å². The van der Waals surface area contributed by atoms with Gasteiger partial charge in [-0.05, 0) is 25.3 Å². The molecule has 3 N–H and O–H groups in total. The largest absolute Gasteiger partial charge is 0.480 e. The minimum Gasteiger partial charge on any atom is -0.480 e. The lowest BCUT2D eigenvalue weighted by atomic mass is 9.83. The summed E-state index contributed by atoms with van der Waals surface area (Å²) in [6.07, 6.45) is 5.11. The fraction of sp³-hybridized carbons (Fsp3) is 0.857. The summed E-state index contributed by atoms with van der Waals surface area (Å²) in [4.78, 5) is 23.3. The third kappa shape index (κ3) is 5.19. The van der Waals surface area contributed by atoms with E-state index in [-0.39, 0.29) is 17.7 Å². The van der Waals surface area contributed by atoms with Crippen LogP contribution in [-0.2, 0) is 9.59 Å². The number of aliphatic carboxylic acids is 1. The summed E-state index contributed by atoms with van der Waals surface area (Å²) in [5, 5.41) is 15.1. The lowest BCUT2D eigenvalue weighted by Gasteiger charge is -2.28. The van der Waals surface area contributed by atoms with Crippen molar-refractivity contribution < 1.29 is 14.7 Å². The molecule has 1 aliphatic rings. The van der Waals surface area contributed by atoms with Gasteiger partial charge in [-0.2, -0.15) is 0 Å². The van der Waals surface area contributed by atoms with E-state index in [9.17, 15) is 14.7 Å². The molecule has 1 amide bonds. The van der Waals surface area contributed by atoms with Crippen LogP contribution in [0.2, 0.25) is 0 Å². The van der Waals surface area contributed by atoms with Gasteiger partial charge in [0.25, 0.3) is 0 Å². The minimum absolute atomic E-state index is 0.0848. The van der Waals surface area contributed by atoms with Crippen molar-refractivity contribution in [2.45, 2.75) is 52.0 Å². The summed E-state index contributed by atoms with van der Waals surface area (Å²) in [7, 11) is 0. The molecule has 2 atom stereocenters. The number of carbonyl (C=O) groups is 2. The number of hydrogen-bond acceptors (Lipinski definition) is 3. The van der Waals surface area contributed by atoms with Gasteiger partial charge in [-0.25, -0.2) is 4.79 Å². The van der Waals surface area contributed by atoms with Crippen LogP contribution in [0, 0.1) is 11.8 Å². The van der Waals surface area contributed by atoms with Crippen molar-refractivity contribution in [1.82, 2.24) is 10.6 Å². The monoisotopic (exact) mass is 270 g/mol. The average Bonchev–Trinajstić information content (AvgIpc) is 2.42. The molecule has 1 aliphatic carbocycles. The summed E-state index contributed by atoms with van der Waals surface area (Å²) in [6.45, 7) is 5.19. The second kappa shape index (κ2) is 8.15. The van der Waals surface area contributed by atoms with Crippen molar-refractivity contribution >= 4 is 11.9 Å². The molecule has 0 bridgehead atoms. The summed E-state index contributed by atoms with van der Waals surface area (Å²) in [6, 6.07) is -0.725. The van der Waals surface area contributed by atoms with Crippen molar-refractivity contribution in [1.29, 1.82) is 0 Å². The standard InChI is InChI=1S/C14H26N2O3/c1-3-15-9-10(2)13(17)16-12(14(18)19)11-7-5-4-6-8-11/h10-12,15H,3-9H2,1-2H3,(H,16,17)(H,18,19). The Morgan fingerprint density at radius 2 is 1.89 bits per heavy atom. The van der Waals surface area contributed by atoms with Crippen LogP contribution in [0.4, 0.5) is 0 Å². The van der Waals surface area contributed by atoms with Crippen LogP contribution in [0.25, 0.3) is 0 Å². The molecule has 0 aromatic carbocycles. The van der Waals surface area contributed by atoms with E-state index in [0.29, 0.717) is 6.54 Å². The highest BCUT2D eigenvalue weighted by Gasteiger charge is 2.31. The molecule has 0 spiro atoms. The molecule has 110 valence electrons. The topological polar surface area (TPSA) is 78.4 Å². The molecule has 5 nitrogen and oxygen atoms in total. The van der Waals surface area contributed by atoms with E-state index >= 15 is 0 Å². The van der Waals surface area contributed by atoms with E-state index in [1.54, 1.807) is 0 Å². The molecule has 0 aliphatic heterocycles. The van der Waals surface area contributed by atoms with Gasteiger partial charge >= 0.3 is 5.97 Å². The van der Waals surface area contributed by atoms with Crippen LogP contribution in [0.15, 0.2) is 0 Å². The van der Waals surface area contributed by atoms with Gasteiger partial charge in [0.15, 0.2) is 0 Å². The average molecular weight is 270 g/mol. The van der Waals surface area contributed by atoms with Gasteiger partial charge in [0, 0.05) is 12.5 Å². The lowest BCUT2D eigenvalue weighted by molar-refractivity contribution is -0.144. The zero-order valence-corrected chi connectivity index (χ0v) is 11.9. The number of hydrogen-bond donors (Lipinski definition) is 3. The van der Waals surface area contributed by atoms with Gasteiger partial charge in [-0.15, -0.1) is 0 Å². The van der Waals surface area contributed by atoms with E-state index in [2.05, 4.69) is 10.6 Å². The molecule has 1 rings (SSSR count).